The van der Waals surface area contributed by atoms with E-state index >= 15 is 0 Å². The monoisotopic (exact) mass is 356 g/mol. The lowest BCUT2D eigenvalue weighted by atomic mass is 10.2. The minimum absolute atomic E-state index is 0.826. The van der Waals surface area contributed by atoms with Gasteiger partial charge in [0.25, 0.3) is 0 Å². The highest BCUT2D eigenvalue weighted by Crippen LogP contribution is 2.35. The Bertz CT molecular complexity index is 1040. The molecule has 4 nitrogen and oxygen atoms in total. The van der Waals surface area contributed by atoms with E-state index in [-0.39, 0.29) is 0 Å². The Labute approximate surface area is 155 Å². The van der Waals surface area contributed by atoms with E-state index < -0.39 is 0 Å². The number of nitrogens with one attached hydrogen (secondary N) is 1. The van der Waals surface area contributed by atoms with Crippen LogP contribution in [0.4, 0.5) is 10.7 Å². The van der Waals surface area contributed by atoms with Gasteiger partial charge in [-0.3, -0.25) is 5.43 Å². The SMILES string of the molecule is c1ccc(C2=NN(c3ccccc3)N(c3cc4ccccc4s3)N2)cc1. The third-order valence-electron chi connectivity index (χ3n) is 4.25. The number of rotatable bonds is 3. The van der Waals surface area contributed by atoms with Crippen molar-refractivity contribution in [1.29, 1.82) is 0 Å². The van der Waals surface area contributed by atoms with Crippen LogP contribution in [-0.4, -0.2) is 5.84 Å². The number of hydrogen-bond acceptors (Lipinski definition) is 5. The summed E-state index contributed by atoms with van der Waals surface area (Å²) in [6.45, 7) is 0. The number of amidine groups is 1. The number of anilines is 2. The molecule has 0 spiro atoms. The minimum atomic E-state index is 0.826. The van der Waals surface area contributed by atoms with Crippen LogP contribution in [0.25, 0.3) is 10.1 Å². The zero-order valence-corrected chi connectivity index (χ0v) is 14.7. The Balaban J connectivity index is 1.59. The van der Waals surface area contributed by atoms with Gasteiger partial charge >= 0.3 is 0 Å². The van der Waals surface area contributed by atoms with Crippen molar-refractivity contribution in [2.45, 2.75) is 0 Å². The molecule has 1 aliphatic heterocycles. The van der Waals surface area contributed by atoms with Gasteiger partial charge in [0.1, 0.15) is 5.00 Å². The van der Waals surface area contributed by atoms with Gasteiger partial charge in [-0.1, -0.05) is 66.7 Å². The minimum Gasteiger partial charge on any atom is -0.258 e. The molecule has 4 aromatic rings. The van der Waals surface area contributed by atoms with Crippen LogP contribution in [0, 0.1) is 0 Å². The van der Waals surface area contributed by atoms with E-state index in [1.807, 2.05) is 46.6 Å². The number of hydrazine groups is 2. The summed E-state index contributed by atoms with van der Waals surface area (Å²) in [5.41, 5.74) is 5.51. The topological polar surface area (TPSA) is 30.9 Å². The van der Waals surface area contributed by atoms with Gasteiger partial charge in [-0.15, -0.1) is 16.4 Å². The van der Waals surface area contributed by atoms with E-state index in [2.05, 4.69) is 60.0 Å². The molecule has 26 heavy (non-hydrogen) atoms. The van der Waals surface area contributed by atoms with Crippen molar-refractivity contribution in [3.05, 3.63) is 96.6 Å². The number of hydrogen-bond donors (Lipinski definition) is 1. The second kappa shape index (κ2) is 6.20. The quantitative estimate of drug-likeness (QED) is 0.560. The fourth-order valence-electron chi connectivity index (χ4n) is 2.98. The van der Waals surface area contributed by atoms with Gasteiger partial charge in [-0.25, -0.2) is 0 Å². The average Bonchev–Trinajstić information content (AvgIpc) is 3.33. The summed E-state index contributed by atoms with van der Waals surface area (Å²) in [6, 6.07) is 30.9. The first-order chi connectivity index (χ1) is 12.9. The van der Waals surface area contributed by atoms with Crippen molar-refractivity contribution in [3.63, 3.8) is 0 Å². The van der Waals surface area contributed by atoms with E-state index in [9.17, 15) is 0 Å². The second-order valence-electron chi connectivity index (χ2n) is 5.99. The molecule has 5 heteroatoms. The molecule has 0 bridgehead atoms. The highest BCUT2D eigenvalue weighted by molar-refractivity contribution is 7.22. The smallest absolute Gasteiger partial charge is 0.176 e. The maximum atomic E-state index is 4.83. The molecule has 3 aromatic carbocycles. The van der Waals surface area contributed by atoms with Crippen molar-refractivity contribution in [1.82, 2.24) is 5.43 Å². The predicted octanol–water partition coefficient (Wildman–Crippen LogP) is 5.01. The van der Waals surface area contributed by atoms with Crippen LogP contribution < -0.4 is 15.7 Å². The fourth-order valence-corrected chi connectivity index (χ4v) is 4.00. The molecule has 0 saturated carbocycles. The predicted molar refractivity (Wildman–Crippen MR) is 109 cm³/mol. The van der Waals surface area contributed by atoms with Crippen LogP contribution in [0.5, 0.6) is 0 Å². The van der Waals surface area contributed by atoms with Crippen LogP contribution in [0.15, 0.2) is 96.1 Å². The van der Waals surface area contributed by atoms with Crippen molar-refractivity contribution in [2.24, 2.45) is 5.10 Å². The van der Waals surface area contributed by atoms with E-state index in [1.165, 1.54) is 10.1 Å². The van der Waals surface area contributed by atoms with Gasteiger partial charge in [0, 0.05) is 10.3 Å². The van der Waals surface area contributed by atoms with Crippen molar-refractivity contribution in [3.8, 4) is 0 Å². The second-order valence-corrected chi connectivity index (χ2v) is 7.05. The molecule has 0 saturated heterocycles. The van der Waals surface area contributed by atoms with Gasteiger partial charge in [0.05, 0.1) is 5.69 Å². The molecule has 1 N–H and O–H groups in total. The standard InChI is InChI=1S/C21H16N4S/c1-3-9-16(10-4-1)21-22-24(18-12-5-2-6-13-18)25(23-21)20-15-17-11-7-8-14-19(17)26-20/h1-15H,(H,22,23). The Kier molecular flexibility index (Phi) is 3.57. The lowest BCUT2D eigenvalue weighted by Crippen LogP contribution is -2.44. The zero-order chi connectivity index (χ0) is 17.3. The number of fused-ring (bicyclic) bond motifs is 1. The summed E-state index contributed by atoms with van der Waals surface area (Å²) in [5, 5.41) is 11.1. The van der Waals surface area contributed by atoms with Gasteiger partial charge in [-0.05, 0) is 29.7 Å². The molecule has 126 valence electrons. The summed E-state index contributed by atoms with van der Waals surface area (Å²) in [6.07, 6.45) is 0. The van der Waals surface area contributed by atoms with E-state index in [0.717, 1.165) is 22.1 Å². The molecule has 5 rings (SSSR count). The molecule has 0 radical (unpaired) electrons. The molecule has 2 heterocycles. The molecule has 0 unspecified atom stereocenters. The Morgan fingerprint density at radius 3 is 2.23 bits per heavy atom. The number of para-hydroxylation sites is 1. The summed E-state index contributed by atoms with van der Waals surface area (Å²) in [5.74, 6) is 0.826. The van der Waals surface area contributed by atoms with Crippen LogP contribution in [0.2, 0.25) is 0 Å². The Morgan fingerprint density at radius 1 is 0.769 bits per heavy atom. The molecule has 1 aliphatic rings. The summed E-state index contributed by atoms with van der Waals surface area (Å²) < 4.78 is 1.26. The summed E-state index contributed by atoms with van der Waals surface area (Å²) >= 11 is 1.74. The summed E-state index contributed by atoms with van der Waals surface area (Å²) in [4.78, 5) is 0. The molecule has 0 aliphatic carbocycles. The van der Waals surface area contributed by atoms with Gasteiger partial charge < -0.3 is 0 Å². The summed E-state index contributed by atoms with van der Waals surface area (Å²) in [7, 11) is 0. The highest BCUT2D eigenvalue weighted by Gasteiger charge is 2.27. The van der Waals surface area contributed by atoms with Gasteiger partial charge in [0.2, 0.25) is 0 Å². The van der Waals surface area contributed by atoms with E-state index in [4.69, 9.17) is 5.10 Å². The van der Waals surface area contributed by atoms with E-state index in [0.29, 0.717) is 0 Å². The van der Waals surface area contributed by atoms with Crippen LogP contribution >= 0.6 is 11.3 Å². The molecule has 0 atom stereocenters. The normalized spacial score (nSPS) is 13.8. The van der Waals surface area contributed by atoms with Crippen molar-refractivity contribution >= 4 is 37.9 Å². The number of benzene rings is 3. The van der Waals surface area contributed by atoms with E-state index in [1.54, 1.807) is 11.3 Å². The highest BCUT2D eigenvalue weighted by atomic mass is 32.1. The third kappa shape index (κ3) is 2.59. The average molecular weight is 356 g/mol. The Morgan fingerprint density at radius 2 is 1.46 bits per heavy atom. The van der Waals surface area contributed by atoms with Crippen LogP contribution in [0.1, 0.15) is 5.56 Å². The van der Waals surface area contributed by atoms with Crippen LogP contribution in [-0.2, 0) is 0 Å². The lowest BCUT2D eigenvalue weighted by molar-refractivity contribution is 0.779. The molecule has 0 amide bonds. The van der Waals surface area contributed by atoms with Crippen molar-refractivity contribution in [2.75, 3.05) is 10.2 Å². The lowest BCUT2D eigenvalue weighted by Gasteiger charge is -2.26. The fraction of sp³-hybridized carbons (Fsp3) is 0. The maximum Gasteiger partial charge on any atom is 0.176 e. The van der Waals surface area contributed by atoms with Gasteiger partial charge in [0.15, 0.2) is 5.84 Å². The zero-order valence-electron chi connectivity index (χ0n) is 13.9. The number of nitrogens with zero attached hydrogens (tertiary/aromatic N) is 3. The Hall–Kier alpha value is -3.31. The first kappa shape index (κ1) is 15.0. The first-order valence-corrected chi connectivity index (χ1v) is 9.25. The van der Waals surface area contributed by atoms with Crippen molar-refractivity contribution < 1.29 is 0 Å². The first-order valence-electron chi connectivity index (χ1n) is 8.43. The third-order valence-corrected chi connectivity index (χ3v) is 5.34. The molecular weight excluding hydrogens is 340 g/mol. The molecule has 1 aromatic heterocycles. The number of thiophene rings is 1. The molecular formula is C21H16N4S. The van der Waals surface area contributed by atoms with Crippen LogP contribution in [0.3, 0.4) is 0 Å². The maximum absolute atomic E-state index is 4.83. The largest absolute Gasteiger partial charge is 0.258 e. The number of hydrazone groups is 1. The van der Waals surface area contributed by atoms with Gasteiger partial charge in [-0.2, -0.15) is 10.2 Å². The molecule has 0 fully saturated rings.